The number of hydrogen-bond acceptors (Lipinski definition) is 4. The number of nitrogens with one attached hydrogen (secondary N) is 1. The third-order valence-electron chi connectivity index (χ3n) is 3.97. The molecule has 1 aromatic carbocycles. The first-order valence-corrected chi connectivity index (χ1v) is 9.82. The molecular formula is C15H24N2O2S2. The highest BCUT2D eigenvalue weighted by atomic mass is 32.2. The Labute approximate surface area is 131 Å². The Hall–Kier alpha value is -0.560. The number of sulfonamides is 1. The van der Waals surface area contributed by atoms with Crippen LogP contribution in [0.25, 0.3) is 0 Å². The first kappa shape index (κ1) is 16.8. The van der Waals surface area contributed by atoms with E-state index in [9.17, 15) is 8.42 Å². The van der Waals surface area contributed by atoms with E-state index < -0.39 is 10.0 Å². The van der Waals surface area contributed by atoms with Crippen molar-refractivity contribution in [2.75, 3.05) is 12.3 Å². The van der Waals surface area contributed by atoms with Crippen molar-refractivity contribution in [3.05, 3.63) is 29.8 Å². The molecule has 2 atom stereocenters. The first-order chi connectivity index (χ1) is 9.86. The molecule has 3 N–H and O–H groups in total. The zero-order valence-corrected chi connectivity index (χ0v) is 14.3. The second-order valence-corrected chi connectivity index (χ2v) is 9.26. The van der Waals surface area contributed by atoms with Crippen molar-refractivity contribution >= 4 is 21.8 Å². The van der Waals surface area contributed by atoms with Crippen molar-refractivity contribution in [2.24, 2.45) is 5.73 Å². The van der Waals surface area contributed by atoms with Crippen LogP contribution in [0.3, 0.4) is 0 Å². The highest BCUT2D eigenvalue weighted by Crippen LogP contribution is 2.37. The van der Waals surface area contributed by atoms with Gasteiger partial charge in [-0.2, -0.15) is 11.8 Å². The quantitative estimate of drug-likeness (QED) is 0.842. The summed E-state index contributed by atoms with van der Waals surface area (Å²) in [5, 5.41) is 0. The van der Waals surface area contributed by atoms with Crippen LogP contribution >= 0.6 is 11.8 Å². The van der Waals surface area contributed by atoms with E-state index in [1.165, 1.54) is 0 Å². The van der Waals surface area contributed by atoms with Crippen molar-refractivity contribution < 1.29 is 8.42 Å². The van der Waals surface area contributed by atoms with Gasteiger partial charge in [0.1, 0.15) is 0 Å². The molecule has 118 valence electrons. The molecule has 0 aliphatic carbocycles. The molecule has 21 heavy (non-hydrogen) atoms. The van der Waals surface area contributed by atoms with Crippen LogP contribution in [0.5, 0.6) is 0 Å². The SMILES string of the molecule is CCC(N)c1cccc(S(=O)(=O)NCC2(C)CCCS2)c1. The Balaban J connectivity index is 2.12. The van der Waals surface area contributed by atoms with Crippen LogP contribution in [0.1, 0.15) is 44.7 Å². The Kier molecular flexibility index (Phi) is 5.35. The second-order valence-electron chi connectivity index (χ2n) is 5.81. The van der Waals surface area contributed by atoms with E-state index in [1.807, 2.05) is 24.8 Å². The summed E-state index contributed by atoms with van der Waals surface area (Å²) in [7, 11) is -3.47. The third-order valence-corrected chi connectivity index (χ3v) is 6.91. The molecule has 0 aromatic heterocycles. The summed E-state index contributed by atoms with van der Waals surface area (Å²) in [5.41, 5.74) is 6.85. The average Bonchev–Trinajstić information content (AvgIpc) is 2.92. The highest BCUT2D eigenvalue weighted by Gasteiger charge is 2.31. The van der Waals surface area contributed by atoms with Crippen LogP contribution in [0.4, 0.5) is 0 Å². The first-order valence-electron chi connectivity index (χ1n) is 7.35. The van der Waals surface area contributed by atoms with Crippen molar-refractivity contribution in [1.82, 2.24) is 4.72 Å². The summed E-state index contributed by atoms with van der Waals surface area (Å²) in [6.07, 6.45) is 3.00. The highest BCUT2D eigenvalue weighted by molar-refractivity contribution is 8.01. The lowest BCUT2D eigenvalue weighted by molar-refractivity contribution is 0.552. The molecule has 0 saturated carbocycles. The van der Waals surface area contributed by atoms with Crippen LogP contribution in [-0.2, 0) is 10.0 Å². The predicted octanol–water partition coefficient (Wildman–Crippen LogP) is 2.66. The predicted molar refractivity (Wildman–Crippen MR) is 88.9 cm³/mol. The van der Waals surface area contributed by atoms with Gasteiger partial charge in [-0.3, -0.25) is 0 Å². The van der Waals surface area contributed by atoms with Gasteiger partial charge < -0.3 is 5.73 Å². The Bertz CT molecular complexity index is 581. The van der Waals surface area contributed by atoms with E-state index in [4.69, 9.17) is 5.73 Å². The summed E-state index contributed by atoms with van der Waals surface area (Å²) < 4.78 is 27.6. The molecular weight excluding hydrogens is 304 g/mol. The van der Waals surface area contributed by atoms with E-state index in [1.54, 1.807) is 18.2 Å². The van der Waals surface area contributed by atoms with Gasteiger partial charge in [-0.25, -0.2) is 13.1 Å². The largest absolute Gasteiger partial charge is 0.324 e. The second kappa shape index (κ2) is 6.69. The van der Waals surface area contributed by atoms with E-state index in [-0.39, 0.29) is 10.8 Å². The van der Waals surface area contributed by atoms with E-state index in [2.05, 4.69) is 11.6 Å². The van der Waals surface area contributed by atoms with E-state index in [0.29, 0.717) is 11.4 Å². The number of thioether (sulfide) groups is 1. The minimum Gasteiger partial charge on any atom is -0.324 e. The fraction of sp³-hybridized carbons (Fsp3) is 0.600. The third kappa shape index (κ3) is 4.22. The Morgan fingerprint density at radius 3 is 2.86 bits per heavy atom. The minimum absolute atomic E-state index is 0.0184. The van der Waals surface area contributed by atoms with Crippen LogP contribution in [0, 0.1) is 0 Å². The lowest BCUT2D eigenvalue weighted by Gasteiger charge is -2.23. The number of benzene rings is 1. The monoisotopic (exact) mass is 328 g/mol. The number of rotatable bonds is 6. The maximum atomic E-state index is 12.4. The molecule has 1 aliphatic rings. The fourth-order valence-corrected chi connectivity index (χ4v) is 5.02. The molecule has 6 heteroatoms. The van der Waals surface area contributed by atoms with Crippen molar-refractivity contribution in [2.45, 2.75) is 48.8 Å². The zero-order chi connectivity index (χ0) is 15.5. The normalized spacial score (nSPS) is 24.1. The van der Waals surface area contributed by atoms with Crippen molar-refractivity contribution in [1.29, 1.82) is 0 Å². The van der Waals surface area contributed by atoms with Gasteiger partial charge in [0.05, 0.1) is 4.90 Å². The Morgan fingerprint density at radius 1 is 1.48 bits per heavy atom. The standard InChI is InChI=1S/C15H24N2O2S2/c1-3-14(16)12-6-4-7-13(10-12)21(18,19)17-11-15(2)8-5-9-20-15/h4,6-7,10,14,17H,3,5,8-9,11,16H2,1-2H3. The van der Waals surface area contributed by atoms with E-state index in [0.717, 1.165) is 30.6 Å². The summed E-state index contributed by atoms with van der Waals surface area (Å²) in [5.74, 6) is 1.11. The number of hydrogen-bond donors (Lipinski definition) is 2. The van der Waals surface area contributed by atoms with Crippen molar-refractivity contribution in [3.8, 4) is 0 Å². The molecule has 0 spiro atoms. The summed E-state index contributed by atoms with van der Waals surface area (Å²) in [6.45, 7) is 4.59. The fourth-order valence-electron chi connectivity index (χ4n) is 2.46. The molecule has 0 bridgehead atoms. The topological polar surface area (TPSA) is 72.2 Å². The van der Waals surface area contributed by atoms with Gasteiger partial charge in [0.2, 0.25) is 10.0 Å². The van der Waals surface area contributed by atoms with Gasteiger partial charge in [-0.15, -0.1) is 0 Å². The molecule has 1 aliphatic heterocycles. The zero-order valence-electron chi connectivity index (χ0n) is 12.6. The summed E-state index contributed by atoms with van der Waals surface area (Å²) in [6, 6.07) is 6.81. The summed E-state index contributed by atoms with van der Waals surface area (Å²) >= 11 is 1.85. The maximum Gasteiger partial charge on any atom is 0.240 e. The molecule has 2 rings (SSSR count). The van der Waals surface area contributed by atoms with Crippen LogP contribution < -0.4 is 10.5 Å². The van der Waals surface area contributed by atoms with Gasteiger partial charge in [0, 0.05) is 17.3 Å². The molecule has 2 unspecified atom stereocenters. The molecule has 0 radical (unpaired) electrons. The minimum atomic E-state index is -3.47. The Morgan fingerprint density at radius 2 is 2.24 bits per heavy atom. The van der Waals surface area contributed by atoms with Gasteiger partial charge in [-0.05, 0) is 49.6 Å². The lowest BCUT2D eigenvalue weighted by Crippen LogP contribution is -2.36. The number of nitrogens with two attached hydrogens (primary N) is 1. The molecule has 1 fully saturated rings. The van der Waals surface area contributed by atoms with Crippen molar-refractivity contribution in [3.63, 3.8) is 0 Å². The van der Waals surface area contributed by atoms with Gasteiger partial charge in [0.25, 0.3) is 0 Å². The maximum absolute atomic E-state index is 12.4. The van der Waals surface area contributed by atoms with Gasteiger partial charge >= 0.3 is 0 Å². The molecule has 1 heterocycles. The van der Waals surface area contributed by atoms with Gasteiger partial charge in [0.15, 0.2) is 0 Å². The average molecular weight is 329 g/mol. The lowest BCUT2D eigenvalue weighted by atomic mass is 10.1. The molecule has 0 amide bonds. The molecule has 1 aromatic rings. The van der Waals surface area contributed by atoms with Crippen LogP contribution in [0.15, 0.2) is 29.2 Å². The molecule has 4 nitrogen and oxygen atoms in total. The smallest absolute Gasteiger partial charge is 0.240 e. The van der Waals surface area contributed by atoms with E-state index >= 15 is 0 Å². The van der Waals surface area contributed by atoms with Crippen LogP contribution in [-0.4, -0.2) is 25.5 Å². The molecule has 1 saturated heterocycles. The summed E-state index contributed by atoms with van der Waals surface area (Å²) in [4.78, 5) is 0.301. The van der Waals surface area contributed by atoms with Crippen LogP contribution in [0.2, 0.25) is 0 Å². The van der Waals surface area contributed by atoms with Gasteiger partial charge in [-0.1, -0.05) is 19.1 Å².